The average Bonchev–Trinajstić information content (AvgIpc) is 2.85. The highest BCUT2D eigenvalue weighted by molar-refractivity contribution is 7.09. The molecule has 0 spiro atoms. The van der Waals surface area contributed by atoms with Gasteiger partial charge < -0.3 is 5.32 Å². The van der Waals surface area contributed by atoms with Crippen LogP contribution in [-0.4, -0.2) is 9.78 Å². The number of hydrogen-bond acceptors (Lipinski definition) is 3. The molecule has 0 saturated heterocycles. The first-order valence-corrected chi connectivity index (χ1v) is 5.98. The van der Waals surface area contributed by atoms with Crippen molar-refractivity contribution in [2.75, 3.05) is 5.32 Å². The highest BCUT2D eigenvalue weighted by Gasteiger charge is 2.04. The van der Waals surface area contributed by atoms with Crippen LogP contribution in [0.1, 0.15) is 17.5 Å². The maximum atomic E-state index is 4.29. The molecule has 5 heteroatoms. The summed E-state index contributed by atoms with van der Waals surface area (Å²) >= 11 is 1.77. The van der Waals surface area contributed by atoms with Crippen molar-refractivity contribution < 1.29 is 0 Å². The molecule has 16 heavy (non-hydrogen) atoms. The number of thiophene rings is 1. The summed E-state index contributed by atoms with van der Waals surface area (Å²) in [5.41, 5.74) is 2.33. The molecule has 0 aromatic carbocycles. The van der Waals surface area contributed by atoms with Gasteiger partial charge in [-0.3, -0.25) is 4.68 Å². The van der Waals surface area contributed by atoms with E-state index in [1.165, 1.54) is 10.6 Å². The second-order valence-corrected chi connectivity index (χ2v) is 4.42. The summed E-state index contributed by atoms with van der Waals surface area (Å²) in [4.78, 5) is 1.35. The van der Waals surface area contributed by atoms with Gasteiger partial charge in [-0.2, -0.15) is 5.10 Å². The lowest BCUT2D eigenvalue weighted by molar-refractivity contribution is 0.640. The Hall–Kier alpha value is -1.00. The minimum atomic E-state index is 0. The Kier molecular flexibility index (Phi) is 4.83. The summed E-state index contributed by atoms with van der Waals surface area (Å²) in [5, 5.41) is 9.79. The monoisotopic (exact) mass is 257 g/mol. The van der Waals surface area contributed by atoms with Crippen LogP contribution in [0.2, 0.25) is 0 Å². The van der Waals surface area contributed by atoms with E-state index in [1.54, 1.807) is 11.3 Å². The topological polar surface area (TPSA) is 29.9 Å². The third kappa shape index (κ3) is 2.77. The van der Waals surface area contributed by atoms with E-state index in [9.17, 15) is 0 Å². The van der Waals surface area contributed by atoms with Crippen molar-refractivity contribution in [2.24, 2.45) is 0 Å². The van der Waals surface area contributed by atoms with E-state index in [-0.39, 0.29) is 12.4 Å². The lowest BCUT2D eigenvalue weighted by Gasteiger charge is -2.04. The van der Waals surface area contributed by atoms with Gasteiger partial charge in [0.25, 0.3) is 0 Å². The van der Waals surface area contributed by atoms with Gasteiger partial charge in [-0.05, 0) is 25.3 Å². The lowest BCUT2D eigenvalue weighted by Crippen LogP contribution is -2.01. The quantitative estimate of drug-likeness (QED) is 0.911. The summed E-state index contributed by atoms with van der Waals surface area (Å²) in [6.07, 6.45) is 1.90. The van der Waals surface area contributed by atoms with Gasteiger partial charge in [0.2, 0.25) is 0 Å². The number of nitrogens with one attached hydrogen (secondary N) is 1. The zero-order valence-electron chi connectivity index (χ0n) is 9.43. The molecule has 0 saturated carbocycles. The summed E-state index contributed by atoms with van der Waals surface area (Å²) in [5.74, 6) is 0. The number of hydrogen-bond donors (Lipinski definition) is 1. The molecular weight excluding hydrogens is 242 g/mol. The molecule has 1 N–H and O–H groups in total. The molecule has 0 amide bonds. The number of halogens is 1. The lowest BCUT2D eigenvalue weighted by atomic mass is 10.3. The van der Waals surface area contributed by atoms with Crippen LogP contribution in [0.5, 0.6) is 0 Å². The fourth-order valence-electron chi connectivity index (χ4n) is 1.53. The summed E-state index contributed by atoms with van der Waals surface area (Å²) in [7, 11) is 0. The second-order valence-electron chi connectivity index (χ2n) is 3.39. The standard InChI is InChI=1S/C11H15N3S.ClH/c1-3-14-9(2)11(8-13-14)12-7-10-5-4-6-15-10;/h4-6,8,12H,3,7H2,1-2H3;1H. The van der Waals surface area contributed by atoms with Crippen LogP contribution < -0.4 is 5.32 Å². The maximum Gasteiger partial charge on any atom is 0.0759 e. The third-order valence-corrected chi connectivity index (χ3v) is 3.31. The van der Waals surface area contributed by atoms with Gasteiger partial charge in [-0.1, -0.05) is 6.07 Å². The highest BCUT2D eigenvalue weighted by Crippen LogP contribution is 2.16. The minimum absolute atomic E-state index is 0. The number of rotatable bonds is 4. The smallest absolute Gasteiger partial charge is 0.0759 e. The normalized spacial score (nSPS) is 9.88. The van der Waals surface area contributed by atoms with Gasteiger partial charge in [0.1, 0.15) is 0 Å². The van der Waals surface area contributed by atoms with Gasteiger partial charge in [0.05, 0.1) is 17.6 Å². The Morgan fingerprint density at radius 1 is 1.50 bits per heavy atom. The van der Waals surface area contributed by atoms with Crippen LogP contribution in [0.15, 0.2) is 23.7 Å². The van der Waals surface area contributed by atoms with Crippen molar-refractivity contribution in [3.8, 4) is 0 Å². The molecule has 2 rings (SSSR count). The van der Waals surface area contributed by atoms with Gasteiger partial charge >= 0.3 is 0 Å². The molecule has 2 aromatic heterocycles. The largest absolute Gasteiger partial charge is 0.377 e. The van der Waals surface area contributed by atoms with Crippen molar-refractivity contribution >= 4 is 29.4 Å². The van der Waals surface area contributed by atoms with Crippen molar-refractivity contribution in [3.63, 3.8) is 0 Å². The molecule has 0 unspecified atom stereocenters. The summed E-state index contributed by atoms with van der Waals surface area (Å²) in [6.45, 7) is 6.00. The SMILES string of the molecule is CCn1ncc(NCc2cccs2)c1C.Cl. The Morgan fingerprint density at radius 2 is 2.31 bits per heavy atom. The van der Waals surface area contributed by atoms with E-state index in [0.29, 0.717) is 0 Å². The number of nitrogens with zero attached hydrogens (tertiary/aromatic N) is 2. The molecule has 0 bridgehead atoms. The van der Waals surface area contributed by atoms with Gasteiger partial charge in [0, 0.05) is 18.0 Å². The fourth-order valence-corrected chi connectivity index (χ4v) is 2.18. The maximum absolute atomic E-state index is 4.29. The number of aryl methyl sites for hydroxylation is 1. The number of aromatic nitrogens is 2. The van der Waals surface area contributed by atoms with Crippen molar-refractivity contribution in [2.45, 2.75) is 26.9 Å². The Balaban J connectivity index is 0.00000128. The molecule has 0 fully saturated rings. The minimum Gasteiger partial charge on any atom is -0.377 e. The van der Waals surface area contributed by atoms with E-state index in [0.717, 1.165) is 18.8 Å². The molecule has 88 valence electrons. The van der Waals surface area contributed by atoms with Crippen molar-refractivity contribution in [3.05, 3.63) is 34.3 Å². The van der Waals surface area contributed by atoms with Crippen LogP contribution in [0.4, 0.5) is 5.69 Å². The molecule has 2 heterocycles. The van der Waals surface area contributed by atoms with Crippen molar-refractivity contribution in [1.29, 1.82) is 0 Å². The van der Waals surface area contributed by atoms with Crippen LogP contribution in [0.25, 0.3) is 0 Å². The molecule has 0 aliphatic carbocycles. The van der Waals surface area contributed by atoms with E-state index < -0.39 is 0 Å². The Bertz CT molecular complexity index is 422. The van der Waals surface area contributed by atoms with E-state index in [1.807, 2.05) is 10.9 Å². The van der Waals surface area contributed by atoms with Crippen LogP contribution in [-0.2, 0) is 13.1 Å². The zero-order valence-corrected chi connectivity index (χ0v) is 11.1. The molecule has 2 aromatic rings. The van der Waals surface area contributed by atoms with Gasteiger partial charge in [-0.25, -0.2) is 0 Å². The summed E-state index contributed by atoms with van der Waals surface area (Å²) < 4.78 is 2.00. The van der Waals surface area contributed by atoms with E-state index >= 15 is 0 Å². The average molecular weight is 258 g/mol. The molecule has 3 nitrogen and oxygen atoms in total. The van der Waals surface area contributed by atoms with Gasteiger partial charge in [0.15, 0.2) is 0 Å². The Labute approximate surface area is 106 Å². The molecule has 0 atom stereocenters. The molecular formula is C11H16ClN3S. The predicted molar refractivity (Wildman–Crippen MR) is 71.5 cm³/mol. The molecule has 0 aliphatic rings. The van der Waals surface area contributed by atoms with Gasteiger partial charge in [-0.15, -0.1) is 23.7 Å². The first kappa shape index (κ1) is 13.1. The molecule has 0 aliphatic heterocycles. The first-order valence-electron chi connectivity index (χ1n) is 5.10. The zero-order chi connectivity index (χ0) is 10.7. The van der Waals surface area contributed by atoms with Crippen LogP contribution in [0, 0.1) is 6.92 Å². The second kappa shape index (κ2) is 5.92. The highest BCUT2D eigenvalue weighted by atomic mass is 35.5. The predicted octanol–water partition coefficient (Wildman–Crippen LogP) is 3.31. The number of anilines is 1. The third-order valence-electron chi connectivity index (χ3n) is 2.44. The fraction of sp³-hybridized carbons (Fsp3) is 0.364. The van der Waals surface area contributed by atoms with Crippen LogP contribution in [0.3, 0.4) is 0 Å². The molecule has 0 radical (unpaired) electrons. The summed E-state index contributed by atoms with van der Waals surface area (Å²) in [6, 6.07) is 4.21. The van der Waals surface area contributed by atoms with Crippen LogP contribution >= 0.6 is 23.7 Å². The first-order chi connectivity index (χ1) is 7.31. The van der Waals surface area contributed by atoms with E-state index in [2.05, 4.69) is 41.8 Å². The van der Waals surface area contributed by atoms with E-state index in [4.69, 9.17) is 0 Å². The Morgan fingerprint density at radius 3 is 2.88 bits per heavy atom. The van der Waals surface area contributed by atoms with Crippen molar-refractivity contribution in [1.82, 2.24) is 9.78 Å².